The van der Waals surface area contributed by atoms with E-state index in [4.69, 9.17) is 9.47 Å². The van der Waals surface area contributed by atoms with Gasteiger partial charge in [0, 0.05) is 0 Å². The van der Waals surface area contributed by atoms with Crippen LogP contribution in [0.5, 0.6) is 0 Å². The summed E-state index contributed by atoms with van der Waals surface area (Å²) in [6, 6.07) is 17.3. The Balaban J connectivity index is 1.54. The van der Waals surface area contributed by atoms with Crippen LogP contribution >= 0.6 is 0 Å². The highest BCUT2D eigenvalue weighted by Crippen LogP contribution is 2.06. The Morgan fingerprint density at radius 3 is 2.00 bits per heavy atom. The molecule has 2 rings (SSSR count). The molecular formula is C22H23FO4. The monoisotopic (exact) mass is 370 g/mol. The summed E-state index contributed by atoms with van der Waals surface area (Å²) >= 11 is 0. The summed E-state index contributed by atoms with van der Waals surface area (Å²) in [6.07, 6.45) is 3.89. The van der Waals surface area contributed by atoms with E-state index in [1.54, 1.807) is 60.7 Å². The molecule has 142 valence electrons. The third-order valence-electron chi connectivity index (χ3n) is 3.74. The molecule has 0 bridgehead atoms. The lowest BCUT2D eigenvalue weighted by Gasteiger charge is -2.06. The van der Waals surface area contributed by atoms with Crippen molar-refractivity contribution in [3.63, 3.8) is 0 Å². The Hall–Kier alpha value is -2.95. The summed E-state index contributed by atoms with van der Waals surface area (Å²) in [6.45, 7) is 0.0220. The molecule has 2 aromatic rings. The molecule has 0 heterocycles. The summed E-state index contributed by atoms with van der Waals surface area (Å²) in [5.74, 6) is -0.873. The second-order valence-electron chi connectivity index (χ2n) is 5.91. The quantitative estimate of drug-likeness (QED) is 0.344. The lowest BCUT2D eigenvalue weighted by Crippen LogP contribution is -2.13. The van der Waals surface area contributed by atoms with Gasteiger partial charge >= 0.3 is 11.9 Å². The molecule has 27 heavy (non-hydrogen) atoms. The first-order chi connectivity index (χ1) is 13.2. The number of hydrogen-bond donors (Lipinski definition) is 0. The van der Waals surface area contributed by atoms with Crippen molar-refractivity contribution in [2.45, 2.75) is 25.4 Å². The number of rotatable bonds is 10. The number of ether oxygens (including phenoxy) is 2. The molecule has 1 atom stereocenters. The Kier molecular flexibility index (Phi) is 8.77. The average Bonchev–Trinajstić information content (AvgIpc) is 2.72. The van der Waals surface area contributed by atoms with Gasteiger partial charge in [-0.15, -0.1) is 0 Å². The van der Waals surface area contributed by atoms with Crippen molar-refractivity contribution >= 4 is 11.9 Å². The highest BCUT2D eigenvalue weighted by Gasteiger charge is 2.09. The van der Waals surface area contributed by atoms with Crippen LogP contribution in [-0.2, 0) is 9.47 Å². The summed E-state index contributed by atoms with van der Waals surface area (Å²) in [5, 5.41) is 0. The van der Waals surface area contributed by atoms with Gasteiger partial charge in [0.1, 0.15) is 6.61 Å². The van der Waals surface area contributed by atoms with Crippen molar-refractivity contribution in [2.75, 3.05) is 13.2 Å². The Bertz CT molecular complexity index is 728. The Morgan fingerprint density at radius 1 is 0.852 bits per heavy atom. The van der Waals surface area contributed by atoms with Gasteiger partial charge < -0.3 is 9.47 Å². The van der Waals surface area contributed by atoms with Crippen LogP contribution in [0.25, 0.3) is 0 Å². The zero-order chi connectivity index (χ0) is 19.3. The molecule has 5 heteroatoms. The maximum Gasteiger partial charge on any atom is 0.338 e. The van der Waals surface area contributed by atoms with Crippen LogP contribution in [0.3, 0.4) is 0 Å². The summed E-state index contributed by atoms with van der Waals surface area (Å²) in [5.41, 5.74) is 0.932. The predicted molar refractivity (Wildman–Crippen MR) is 101 cm³/mol. The molecule has 0 spiro atoms. The molecule has 0 aliphatic heterocycles. The van der Waals surface area contributed by atoms with E-state index in [1.165, 1.54) is 6.08 Å². The minimum Gasteiger partial charge on any atom is -0.462 e. The SMILES string of the molecule is O=C(OCCCC/C=C/C(F)COC(=O)c1ccccc1)c1ccccc1. The second kappa shape index (κ2) is 11.6. The van der Waals surface area contributed by atoms with Gasteiger partial charge in [-0.3, -0.25) is 0 Å². The molecule has 0 aliphatic carbocycles. The van der Waals surface area contributed by atoms with Crippen molar-refractivity contribution in [1.82, 2.24) is 0 Å². The van der Waals surface area contributed by atoms with Crippen LogP contribution in [0.15, 0.2) is 72.8 Å². The van der Waals surface area contributed by atoms with Crippen LogP contribution in [0.4, 0.5) is 4.39 Å². The minimum absolute atomic E-state index is 0.307. The molecule has 0 amide bonds. The number of benzene rings is 2. The van der Waals surface area contributed by atoms with Crippen LogP contribution < -0.4 is 0 Å². The lowest BCUT2D eigenvalue weighted by molar-refractivity contribution is 0.0435. The third-order valence-corrected chi connectivity index (χ3v) is 3.74. The van der Waals surface area contributed by atoms with E-state index in [0.29, 0.717) is 30.6 Å². The fourth-order valence-electron chi connectivity index (χ4n) is 2.30. The lowest BCUT2D eigenvalue weighted by atomic mass is 10.2. The second-order valence-corrected chi connectivity index (χ2v) is 5.91. The number of carbonyl (C=O) groups is 2. The van der Waals surface area contributed by atoms with E-state index in [0.717, 1.165) is 6.42 Å². The highest BCUT2D eigenvalue weighted by atomic mass is 19.1. The zero-order valence-electron chi connectivity index (χ0n) is 15.1. The smallest absolute Gasteiger partial charge is 0.338 e. The molecule has 1 unspecified atom stereocenters. The van der Waals surface area contributed by atoms with Gasteiger partial charge in [0.15, 0.2) is 6.17 Å². The fraction of sp³-hybridized carbons (Fsp3) is 0.273. The van der Waals surface area contributed by atoms with Gasteiger partial charge in [-0.25, -0.2) is 14.0 Å². The average molecular weight is 370 g/mol. The van der Waals surface area contributed by atoms with Gasteiger partial charge in [-0.05, 0) is 43.5 Å². The standard InChI is InChI=1S/C22H23FO4/c23-20(17-27-22(25)19-13-7-4-8-14-19)15-9-1-2-10-16-26-21(24)18-11-5-3-6-12-18/h3-9,11-15,20H,1-2,10,16-17H2/b15-9+. The molecule has 2 aromatic carbocycles. The molecule has 0 fully saturated rings. The van der Waals surface area contributed by atoms with Gasteiger partial charge in [-0.2, -0.15) is 0 Å². The van der Waals surface area contributed by atoms with Crippen molar-refractivity contribution in [2.24, 2.45) is 0 Å². The van der Waals surface area contributed by atoms with Crippen LogP contribution in [0, 0.1) is 0 Å². The third kappa shape index (κ3) is 7.86. The maximum absolute atomic E-state index is 13.7. The minimum atomic E-state index is -1.34. The van der Waals surface area contributed by atoms with Crippen molar-refractivity contribution in [3.05, 3.63) is 83.9 Å². The number of hydrogen-bond acceptors (Lipinski definition) is 4. The summed E-state index contributed by atoms with van der Waals surface area (Å²) in [7, 11) is 0. The molecule has 0 saturated heterocycles. The number of allylic oxidation sites excluding steroid dienone is 1. The first-order valence-electron chi connectivity index (χ1n) is 8.92. The molecule has 0 saturated carbocycles. The topological polar surface area (TPSA) is 52.6 Å². The van der Waals surface area contributed by atoms with Gasteiger partial charge in [0.05, 0.1) is 17.7 Å². The Labute approximate surface area is 158 Å². The fourth-order valence-corrected chi connectivity index (χ4v) is 2.30. The highest BCUT2D eigenvalue weighted by molar-refractivity contribution is 5.89. The first-order valence-corrected chi connectivity index (χ1v) is 8.92. The van der Waals surface area contributed by atoms with E-state index < -0.39 is 12.1 Å². The van der Waals surface area contributed by atoms with Gasteiger partial charge in [-0.1, -0.05) is 48.6 Å². The van der Waals surface area contributed by atoms with E-state index in [9.17, 15) is 14.0 Å². The molecule has 0 radical (unpaired) electrons. The van der Waals surface area contributed by atoms with Crippen LogP contribution in [-0.4, -0.2) is 31.3 Å². The van der Waals surface area contributed by atoms with Gasteiger partial charge in [0.25, 0.3) is 0 Å². The zero-order valence-corrected chi connectivity index (χ0v) is 15.1. The van der Waals surface area contributed by atoms with Crippen LogP contribution in [0.1, 0.15) is 40.0 Å². The summed E-state index contributed by atoms with van der Waals surface area (Å²) in [4.78, 5) is 23.4. The molecule has 0 aromatic heterocycles. The van der Waals surface area contributed by atoms with E-state index in [2.05, 4.69) is 0 Å². The van der Waals surface area contributed by atoms with Crippen molar-refractivity contribution < 1.29 is 23.5 Å². The number of halogens is 1. The largest absolute Gasteiger partial charge is 0.462 e. The molecular weight excluding hydrogens is 347 g/mol. The maximum atomic E-state index is 13.7. The van der Waals surface area contributed by atoms with Crippen molar-refractivity contribution in [1.29, 1.82) is 0 Å². The number of alkyl halides is 1. The molecule has 0 aliphatic rings. The number of unbranched alkanes of at least 4 members (excludes halogenated alkanes) is 2. The number of esters is 2. The Morgan fingerprint density at radius 2 is 1.41 bits per heavy atom. The van der Waals surface area contributed by atoms with E-state index >= 15 is 0 Å². The van der Waals surface area contributed by atoms with E-state index in [-0.39, 0.29) is 12.6 Å². The molecule has 4 nitrogen and oxygen atoms in total. The van der Waals surface area contributed by atoms with Crippen molar-refractivity contribution in [3.8, 4) is 0 Å². The van der Waals surface area contributed by atoms with Gasteiger partial charge in [0.2, 0.25) is 0 Å². The molecule has 0 N–H and O–H groups in total. The van der Waals surface area contributed by atoms with Crippen LogP contribution in [0.2, 0.25) is 0 Å². The summed E-state index contributed by atoms with van der Waals surface area (Å²) < 4.78 is 23.8. The normalized spacial score (nSPS) is 11.9. The number of carbonyl (C=O) groups excluding carboxylic acids is 2. The van der Waals surface area contributed by atoms with E-state index in [1.807, 2.05) is 6.07 Å². The first kappa shape index (κ1) is 20.4. The predicted octanol–water partition coefficient (Wildman–Crippen LogP) is 4.77.